The van der Waals surface area contributed by atoms with E-state index in [1.165, 1.54) is 0 Å². The Morgan fingerprint density at radius 2 is 1.79 bits per heavy atom. The van der Waals surface area contributed by atoms with Gasteiger partial charge in [0.05, 0.1) is 30.0 Å². The van der Waals surface area contributed by atoms with Crippen molar-refractivity contribution in [3.63, 3.8) is 0 Å². The van der Waals surface area contributed by atoms with Gasteiger partial charge in [0.1, 0.15) is 0 Å². The van der Waals surface area contributed by atoms with Crippen LogP contribution in [0.5, 0.6) is 0 Å². The van der Waals surface area contributed by atoms with Gasteiger partial charge in [-0.2, -0.15) is 0 Å². The highest BCUT2D eigenvalue weighted by molar-refractivity contribution is 5.95. The first kappa shape index (κ1) is 22.2. The molecule has 0 saturated carbocycles. The minimum absolute atomic E-state index is 0. The fourth-order valence-electron chi connectivity index (χ4n) is 1.95. The van der Waals surface area contributed by atoms with Crippen molar-refractivity contribution in [1.82, 2.24) is 10.3 Å². The summed E-state index contributed by atoms with van der Waals surface area (Å²) in [6, 6.07) is 12.8. The predicted molar refractivity (Wildman–Crippen MR) is 95.2 cm³/mol. The van der Waals surface area contributed by atoms with Crippen molar-refractivity contribution in [1.29, 1.82) is 0 Å². The second-order valence-corrected chi connectivity index (χ2v) is 4.94. The molecule has 0 spiro atoms. The van der Waals surface area contributed by atoms with E-state index in [1.54, 1.807) is 19.1 Å². The molecule has 1 heterocycles. The SMILES string of the molecule is Cc1nc(-c2ccccc2)ccc1C(=O)NCC(F)(F)CN.Cl.Cl. The molecule has 1 aromatic carbocycles. The molecular formula is C16H19Cl2F2N3O. The van der Waals surface area contributed by atoms with E-state index in [0.717, 1.165) is 11.3 Å². The minimum Gasteiger partial charge on any atom is -0.346 e. The Kier molecular flexibility index (Phi) is 8.82. The molecule has 8 heteroatoms. The van der Waals surface area contributed by atoms with Crippen molar-refractivity contribution in [3.05, 3.63) is 53.7 Å². The number of hydrogen-bond acceptors (Lipinski definition) is 3. The Balaban J connectivity index is 0.00000264. The van der Waals surface area contributed by atoms with Crippen molar-refractivity contribution in [2.75, 3.05) is 13.1 Å². The van der Waals surface area contributed by atoms with Gasteiger partial charge in [-0.3, -0.25) is 9.78 Å². The van der Waals surface area contributed by atoms with Crippen LogP contribution in [0, 0.1) is 6.92 Å². The molecule has 0 fully saturated rings. The topological polar surface area (TPSA) is 68.0 Å². The molecule has 3 N–H and O–H groups in total. The number of hydrogen-bond donors (Lipinski definition) is 2. The maximum Gasteiger partial charge on any atom is 0.277 e. The third kappa shape index (κ3) is 5.70. The monoisotopic (exact) mass is 377 g/mol. The quantitative estimate of drug-likeness (QED) is 0.840. The van der Waals surface area contributed by atoms with Gasteiger partial charge in [-0.15, -0.1) is 24.8 Å². The number of rotatable bonds is 5. The molecule has 1 amide bonds. The standard InChI is InChI=1S/C16H17F2N3O.2ClH/c1-11-13(15(22)20-10-16(17,18)9-19)7-8-14(21-11)12-5-3-2-4-6-12;;/h2-8H,9-10,19H2,1H3,(H,20,22);2*1H. The lowest BCUT2D eigenvalue weighted by Crippen LogP contribution is -2.41. The fourth-order valence-corrected chi connectivity index (χ4v) is 1.95. The molecule has 0 aliphatic heterocycles. The number of aromatic nitrogens is 1. The summed E-state index contributed by atoms with van der Waals surface area (Å²) in [6.07, 6.45) is 0. The molecule has 1 aromatic heterocycles. The number of carbonyl (C=O) groups excluding carboxylic acids is 1. The first-order chi connectivity index (χ1) is 10.4. The van der Waals surface area contributed by atoms with Crippen LogP contribution in [-0.2, 0) is 0 Å². The van der Waals surface area contributed by atoms with Gasteiger partial charge in [-0.1, -0.05) is 30.3 Å². The van der Waals surface area contributed by atoms with E-state index in [4.69, 9.17) is 5.73 Å². The van der Waals surface area contributed by atoms with Gasteiger partial charge in [-0.25, -0.2) is 8.78 Å². The molecule has 0 aliphatic rings. The molecule has 132 valence electrons. The summed E-state index contributed by atoms with van der Waals surface area (Å²) in [7, 11) is 0. The molecule has 2 rings (SSSR count). The van der Waals surface area contributed by atoms with E-state index >= 15 is 0 Å². The number of halogens is 4. The summed E-state index contributed by atoms with van der Waals surface area (Å²) < 4.78 is 26.1. The molecule has 0 saturated heterocycles. The Bertz CT molecular complexity index is 670. The van der Waals surface area contributed by atoms with E-state index in [0.29, 0.717) is 5.69 Å². The summed E-state index contributed by atoms with van der Waals surface area (Å²) in [5, 5.41) is 2.18. The lowest BCUT2D eigenvalue weighted by Gasteiger charge is -2.15. The number of nitrogens with two attached hydrogens (primary N) is 1. The Morgan fingerprint density at radius 1 is 1.17 bits per heavy atom. The lowest BCUT2D eigenvalue weighted by atomic mass is 10.1. The van der Waals surface area contributed by atoms with Gasteiger partial charge in [0.25, 0.3) is 11.8 Å². The zero-order valence-electron chi connectivity index (χ0n) is 13.0. The highest BCUT2D eigenvalue weighted by Gasteiger charge is 2.27. The fraction of sp³-hybridized carbons (Fsp3) is 0.250. The van der Waals surface area contributed by atoms with Gasteiger partial charge < -0.3 is 11.1 Å². The van der Waals surface area contributed by atoms with Gasteiger partial charge >= 0.3 is 0 Å². The second-order valence-electron chi connectivity index (χ2n) is 4.94. The molecule has 24 heavy (non-hydrogen) atoms. The van der Waals surface area contributed by atoms with Crippen molar-refractivity contribution in [2.45, 2.75) is 12.8 Å². The molecule has 0 aliphatic carbocycles. The van der Waals surface area contributed by atoms with Crippen molar-refractivity contribution in [3.8, 4) is 11.3 Å². The van der Waals surface area contributed by atoms with Gasteiger partial charge in [0.15, 0.2) is 0 Å². The molecule has 2 aromatic rings. The Morgan fingerprint density at radius 3 is 2.33 bits per heavy atom. The zero-order chi connectivity index (χ0) is 16.2. The molecule has 0 unspecified atom stereocenters. The van der Waals surface area contributed by atoms with E-state index in [9.17, 15) is 13.6 Å². The van der Waals surface area contributed by atoms with Crippen LogP contribution in [0.4, 0.5) is 8.78 Å². The van der Waals surface area contributed by atoms with Crippen molar-refractivity contribution in [2.24, 2.45) is 5.73 Å². The van der Waals surface area contributed by atoms with Gasteiger partial charge in [0.2, 0.25) is 0 Å². The highest BCUT2D eigenvalue weighted by atomic mass is 35.5. The lowest BCUT2D eigenvalue weighted by molar-refractivity contribution is 0.0118. The summed E-state index contributed by atoms with van der Waals surface area (Å²) in [4.78, 5) is 16.3. The van der Waals surface area contributed by atoms with E-state index in [1.807, 2.05) is 30.3 Å². The number of aryl methyl sites for hydroxylation is 1. The van der Waals surface area contributed by atoms with Crippen LogP contribution in [0.25, 0.3) is 11.3 Å². The number of alkyl halides is 2. The smallest absolute Gasteiger partial charge is 0.277 e. The predicted octanol–water partition coefficient (Wildman–Crippen LogP) is 3.22. The maximum atomic E-state index is 13.1. The maximum absolute atomic E-state index is 13.1. The van der Waals surface area contributed by atoms with E-state index in [-0.39, 0.29) is 30.4 Å². The van der Waals surface area contributed by atoms with Crippen LogP contribution in [-0.4, -0.2) is 29.9 Å². The first-order valence-corrected chi connectivity index (χ1v) is 6.82. The highest BCUT2D eigenvalue weighted by Crippen LogP contribution is 2.18. The molecule has 0 atom stereocenters. The molecule has 0 radical (unpaired) electrons. The molecular weight excluding hydrogens is 359 g/mol. The Labute approximate surface area is 151 Å². The number of amides is 1. The van der Waals surface area contributed by atoms with Gasteiger partial charge in [-0.05, 0) is 19.1 Å². The average molecular weight is 378 g/mol. The number of pyridine rings is 1. The first-order valence-electron chi connectivity index (χ1n) is 6.82. The van der Waals surface area contributed by atoms with Crippen LogP contribution in [0.15, 0.2) is 42.5 Å². The summed E-state index contributed by atoms with van der Waals surface area (Å²) in [5.41, 5.74) is 7.33. The number of benzene rings is 1. The third-order valence-corrected chi connectivity index (χ3v) is 3.21. The third-order valence-electron chi connectivity index (χ3n) is 3.21. The largest absolute Gasteiger partial charge is 0.346 e. The summed E-state index contributed by atoms with van der Waals surface area (Å²) >= 11 is 0. The number of nitrogens with zero attached hydrogens (tertiary/aromatic N) is 1. The van der Waals surface area contributed by atoms with Crippen LogP contribution >= 0.6 is 24.8 Å². The van der Waals surface area contributed by atoms with Crippen molar-refractivity contribution < 1.29 is 13.6 Å². The van der Waals surface area contributed by atoms with E-state index in [2.05, 4.69) is 10.3 Å². The van der Waals surface area contributed by atoms with Gasteiger partial charge in [0, 0.05) is 5.56 Å². The van der Waals surface area contributed by atoms with Crippen LogP contribution < -0.4 is 11.1 Å². The minimum atomic E-state index is -3.11. The van der Waals surface area contributed by atoms with Crippen molar-refractivity contribution >= 4 is 30.7 Å². The van der Waals surface area contributed by atoms with Crippen LogP contribution in [0.1, 0.15) is 16.1 Å². The zero-order valence-corrected chi connectivity index (χ0v) is 14.6. The number of nitrogens with one attached hydrogen (secondary N) is 1. The summed E-state index contributed by atoms with van der Waals surface area (Å²) in [5.74, 6) is -3.70. The molecule has 0 bridgehead atoms. The van der Waals surface area contributed by atoms with Crippen LogP contribution in [0.2, 0.25) is 0 Å². The Hall–Kier alpha value is -1.76. The second kappa shape index (κ2) is 9.52. The normalized spacial score (nSPS) is 10.3. The van der Waals surface area contributed by atoms with E-state index < -0.39 is 24.9 Å². The average Bonchev–Trinajstić information content (AvgIpc) is 2.53. The number of carbonyl (C=O) groups is 1. The van der Waals surface area contributed by atoms with Crippen LogP contribution in [0.3, 0.4) is 0 Å². The molecule has 4 nitrogen and oxygen atoms in total. The summed E-state index contributed by atoms with van der Waals surface area (Å²) in [6.45, 7) is 0.0715.